The molecule has 4 heteroatoms. The van der Waals surface area contributed by atoms with Crippen molar-refractivity contribution in [3.8, 4) is 11.1 Å². The summed E-state index contributed by atoms with van der Waals surface area (Å²) in [7, 11) is 0. The van der Waals surface area contributed by atoms with Crippen molar-refractivity contribution >= 4 is 11.8 Å². The lowest BCUT2D eigenvalue weighted by Crippen LogP contribution is -2.39. The smallest absolute Gasteiger partial charge is 0.411 e. The van der Waals surface area contributed by atoms with Gasteiger partial charge in [0.2, 0.25) is 0 Å². The molecule has 0 aliphatic carbocycles. The molecular formula is C23H28N2O2. The number of rotatable bonds is 5. The normalized spacial score (nSPS) is 23.8. The van der Waals surface area contributed by atoms with Crippen molar-refractivity contribution in [1.82, 2.24) is 5.32 Å². The highest BCUT2D eigenvalue weighted by Gasteiger charge is 2.33. The summed E-state index contributed by atoms with van der Waals surface area (Å²) in [6.45, 7) is 2.65. The van der Waals surface area contributed by atoms with Crippen LogP contribution in [0.2, 0.25) is 0 Å². The summed E-state index contributed by atoms with van der Waals surface area (Å²) in [5, 5.41) is 6.56. The van der Waals surface area contributed by atoms with Gasteiger partial charge in [-0.05, 0) is 55.2 Å². The first-order valence-electron chi connectivity index (χ1n) is 10.1. The predicted molar refractivity (Wildman–Crippen MR) is 109 cm³/mol. The molecule has 2 fully saturated rings. The molecule has 1 amide bonds. The fraction of sp³-hybridized carbons (Fsp3) is 0.435. The van der Waals surface area contributed by atoms with E-state index in [1.54, 1.807) is 0 Å². The Kier molecular flexibility index (Phi) is 5.44. The molecule has 2 aliphatic rings. The summed E-state index contributed by atoms with van der Waals surface area (Å²) >= 11 is 0. The summed E-state index contributed by atoms with van der Waals surface area (Å²) in [6, 6.07) is 17.6. The van der Waals surface area contributed by atoms with E-state index in [-0.39, 0.29) is 6.09 Å². The van der Waals surface area contributed by atoms with Gasteiger partial charge in [-0.3, -0.25) is 5.32 Å². The van der Waals surface area contributed by atoms with E-state index in [4.69, 9.17) is 4.74 Å². The van der Waals surface area contributed by atoms with Crippen LogP contribution < -0.4 is 10.6 Å². The summed E-state index contributed by atoms with van der Waals surface area (Å²) < 4.78 is 5.56. The summed E-state index contributed by atoms with van der Waals surface area (Å²) in [6.07, 6.45) is 5.41. The lowest BCUT2D eigenvalue weighted by Gasteiger charge is -2.28. The second kappa shape index (κ2) is 8.13. The number of carbonyl (C=O) groups is 1. The number of amides is 1. The zero-order valence-corrected chi connectivity index (χ0v) is 15.9. The largest absolute Gasteiger partial charge is 0.449 e. The fourth-order valence-electron chi connectivity index (χ4n) is 4.41. The number of ether oxygens (including phenoxy) is 1. The molecular weight excluding hydrogens is 336 g/mol. The highest BCUT2D eigenvalue weighted by molar-refractivity contribution is 5.91. The Morgan fingerprint density at radius 3 is 2.48 bits per heavy atom. The third kappa shape index (κ3) is 4.33. The van der Waals surface area contributed by atoms with Crippen LogP contribution in [-0.2, 0) is 11.2 Å². The predicted octanol–water partition coefficient (Wildman–Crippen LogP) is 5.00. The van der Waals surface area contributed by atoms with Crippen molar-refractivity contribution in [2.45, 2.75) is 51.1 Å². The summed E-state index contributed by atoms with van der Waals surface area (Å²) in [4.78, 5) is 12.4. The number of fused-ring (bicyclic) bond motifs is 2. The first-order valence-corrected chi connectivity index (χ1v) is 10.1. The number of hydrogen-bond acceptors (Lipinski definition) is 3. The zero-order valence-electron chi connectivity index (χ0n) is 15.9. The number of benzene rings is 2. The van der Waals surface area contributed by atoms with Gasteiger partial charge >= 0.3 is 6.09 Å². The molecule has 2 N–H and O–H groups in total. The molecule has 2 saturated heterocycles. The van der Waals surface area contributed by atoms with Crippen molar-refractivity contribution < 1.29 is 9.53 Å². The minimum absolute atomic E-state index is 0.362. The van der Waals surface area contributed by atoms with Crippen LogP contribution in [0.4, 0.5) is 10.5 Å². The van der Waals surface area contributed by atoms with Crippen molar-refractivity contribution in [1.29, 1.82) is 0 Å². The maximum Gasteiger partial charge on any atom is 0.411 e. The molecule has 2 atom stereocenters. The number of hydrogen-bond donors (Lipinski definition) is 2. The van der Waals surface area contributed by atoms with Gasteiger partial charge in [0.05, 0.1) is 12.3 Å². The van der Waals surface area contributed by atoms with Crippen LogP contribution in [0.3, 0.4) is 0 Å². The van der Waals surface area contributed by atoms with E-state index in [9.17, 15) is 4.79 Å². The van der Waals surface area contributed by atoms with Gasteiger partial charge in [0.25, 0.3) is 0 Å². The van der Waals surface area contributed by atoms with E-state index in [2.05, 4.69) is 41.8 Å². The number of nitrogens with one attached hydrogen (secondary N) is 2. The van der Waals surface area contributed by atoms with Gasteiger partial charge in [0, 0.05) is 17.6 Å². The number of aryl methyl sites for hydroxylation is 1. The Balaban J connectivity index is 1.38. The maximum absolute atomic E-state index is 12.4. The second-order valence-corrected chi connectivity index (χ2v) is 7.79. The first-order chi connectivity index (χ1) is 13.2. The first kappa shape index (κ1) is 18.1. The highest BCUT2D eigenvalue weighted by atomic mass is 16.5. The molecule has 0 spiro atoms. The van der Waals surface area contributed by atoms with E-state index >= 15 is 0 Å². The van der Waals surface area contributed by atoms with Crippen molar-refractivity contribution in [3.63, 3.8) is 0 Å². The van der Waals surface area contributed by atoms with Gasteiger partial charge in [-0.2, -0.15) is 0 Å². The van der Waals surface area contributed by atoms with E-state index in [0.29, 0.717) is 24.6 Å². The number of para-hydroxylation sites is 1. The summed E-state index contributed by atoms with van der Waals surface area (Å²) in [5.41, 5.74) is 4.20. The minimum atomic E-state index is -0.362. The second-order valence-electron chi connectivity index (χ2n) is 7.79. The van der Waals surface area contributed by atoms with Crippen LogP contribution in [-0.4, -0.2) is 24.8 Å². The van der Waals surface area contributed by atoms with Crippen molar-refractivity contribution in [3.05, 3.63) is 54.1 Å². The Morgan fingerprint density at radius 1 is 1.07 bits per heavy atom. The van der Waals surface area contributed by atoms with Gasteiger partial charge in [-0.15, -0.1) is 0 Å². The van der Waals surface area contributed by atoms with Gasteiger partial charge in [0.15, 0.2) is 0 Å². The molecule has 2 aromatic carbocycles. The van der Waals surface area contributed by atoms with E-state index < -0.39 is 0 Å². The average molecular weight is 364 g/mol. The molecule has 2 bridgehead atoms. The number of piperidine rings is 1. The minimum Gasteiger partial charge on any atom is -0.449 e. The average Bonchev–Trinajstić information content (AvgIpc) is 3.05. The Morgan fingerprint density at radius 2 is 1.78 bits per heavy atom. The van der Waals surface area contributed by atoms with Gasteiger partial charge in [0.1, 0.15) is 0 Å². The van der Waals surface area contributed by atoms with Gasteiger partial charge in [-0.1, -0.05) is 49.4 Å². The van der Waals surface area contributed by atoms with Gasteiger partial charge in [-0.25, -0.2) is 4.79 Å². The zero-order chi connectivity index (χ0) is 18.6. The molecule has 4 rings (SSSR count). The van der Waals surface area contributed by atoms with Crippen LogP contribution in [0.25, 0.3) is 11.1 Å². The molecule has 0 radical (unpaired) electrons. The Bertz CT molecular complexity index is 775. The third-order valence-corrected chi connectivity index (χ3v) is 5.86. The highest BCUT2D eigenvalue weighted by Crippen LogP contribution is 2.31. The maximum atomic E-state index is 12.4. The molecule has 27 heavy (non-hydrogen) atoms. The van der Waals surface area contributed by atoms with Crippen LogP contribution in [0.1, 0.15) is 38.2 Å². The molecule has 2 unspecified atom stereocenters. The van der Waals surface area contributed by atoms with E-state index in [1.807, 2.05) is 24.3 Å². The van der Waals surface area contributed by atoms with E-state index in [0.717, 1.165) is 36.1 Å². The van der Waals surface area contributed by atoms with Crippen LogP contribution in [0.5, 0.6) is 0 Å². The molecule has 0 aromatic heterocycles. The van der Waals surface area contributed by atoms with Crippen molar-refractivity contribution in [2.75, 3.05) is 11.9 Å². The van der Waals surface area contributed by atoms with Crippen molar-refractivity contribution in [2.24, 2.45) is 5.92 Å². The Hall–Kier alpha value is -2.33. The molecule has 0 saturated carbocycles. The third-order valence-electron chi connectivity index (χ3n) is 5.86. The summed E-state index contributed by atoms with van der Waals surface area (Å²) in [5.74, 6) is 0.478. The Labute approximate surface area is 161 Å². The molecule has 142 valence electrons. The van der Waals surface area contributed by atoms with E-state index in [1.165, 1.54) is 18.4 Å². The molecule has 4 nitrogen and oxygen atoms in total. The fourth-order valence-corrected chi connectivity index (χ4v) is 4.41. The SMILES string of the molecule is CCc1ccc(-c2ccccc2NC(=O)OCC2CC3CCC(C2)N3)cc1. The molecule has 2 aliphatic heterocycles. The lowest BCUT2D eigenvalue weighted by molar-refractivity contribution is 0.122. The quantitative estimate of drug-likeness (QED) is 0.785. The number of carbonyl (C=O) groups excluding carboxylic acids is 1. The monoisotopic (exact) mass is 364 g/mol. The van der Waals surface area contributed by atoms with Crippen LogP contribution >= 0.6 is 0 Å². The van der Waals surface area contributed by atoms with Gasteiger partial charge < -0.3 is 10.1 Å². The van der Waals surface area contributed by atoms with Crippen LogP contribution in [0, 0.1) is 5.92 Å². The molecule has 2 aromatic rings. The lowest BCUT2D eigenvalue weighted by atomic mass is 9.93. The molecule has 2 heterocycles. The van der Waals surface area contributed by atoms with Crippen LogP contribution in [0.15, 0.2) is 48.5 Å². The standard InChI is InChI=1S/C23H28N2O2/c1-2-16-7-9-18(10-8-16)21-5-3-4-6-22(21)25-23(26)27-15-17-13-19-11-12-20(14-17)24-19/h3-10,17,19-20,24H,2,11-15H2,1H3,(H,25,26). The number of anilines is 1. The topological polar surface area (TPSA) is 50.4 Å².